The first-order chi connectivity index (χ1) is 14.4. The van der Waals surface area contributed by atoms with E-state index in [1.54, 1.807) is 32.2 Å². The Kier molecular flexibility index (Phi) is 7.45. The lowest BCUT2D eigenvalue weighted by Gasteiger charge is -2.17. The van der Waals surface area contributed by atoms with Crippen LogP contribution >= 0.6 is 23.2 Å². The first-order valence-electron chi connectivity index (χ1n) is 9.75. The summed E-state index contributed by atoms with van der Waals surface area (Å²) in [4.78, 5) is 24.7. The maximum atomic E-state index is 12.8. The van der Waals surface area contributed by atoms with E-state index >= 15 is 0 Å². The molecule has 160 valence electrons. The molecule has 6 nitrogen and oxygen atoms in total. The van der Waals surface area contributed by atoms with Gasteiger partial charge in [-0.3, -0.25) is 4.79 Å². The van der Waals surface area contributed by atoms with E-state index in [1.165, 1.54) is 12.1 Å². The Bertz CT molecular complexity index is 918. The van der Waals surface area contributed by atoms with Crippen LogP contribution in [0.1, 0.15) is 53.3 Å². The number of nitrogens with one attached hydrogen (secondary N) is 1. The van der Waals surface area contributed by atoms with E-state index < -0.39 is 11.9 Å². The molecular weight excluding hydrogens is 429 g/mol. The van der Waals surface area contributed by atoms with Gasteiger partial charge < -0.3 is 19.5 Å². The molecule has 1 aliphatic rings. The van der Waals surface area contributed by atoms with Crippen molar-refractivity contribution in [3.05, 3.63) is 51.5 Å². The molecule has 0 heterocycles. The standard InChI is InChI=1S/C22H23Cl2NO5/c1-3-29-22(27)14-10-16(23)20(17(24)11-14)25-21(26)13-8-9-18(28-2)19(12-13)30-15-6-4-5-7-15/h8-12,15H,3-7H2,1-2H3,(H,25,26). The summed E-state index contributed by atoms with van der Waals surface area (Å²) in [5, 5.41) is 2.97. The molecule has 2 aromatic carbocycles. The summed E-state index contributed by atoms with van der Waals surface area (Å²) in [6.45, 7) is 1.94. The van der Waals surface area contributed by atoms with Crippen LogP contribution in [0.15, 0.2) is 30.3 Å². The number of hydrogen-bond donors (Lipinski definition) is 1. The summed E-state index contributed by atoms with van der Waals surface area (Å²) in [5.74, 6) is 0.129. The highest BCUT2D eigenvalue weighted by molar-refractivity contribution is 6.40. The first kappa shape index (κ1) is 22.2. The number of halogens is 2. The third-order valence-electron chi connectivity index (χ3n) is 4.81. The second-order valence-electron chi connectivity index (χ2n) is 6.88. The molecule has 2 aromatic rings. The maximum absolute atomic E-state index is 12.8. The zero-order valence-electron chi connectivity index (χ0n) is 16.8. The minimum atomic E-state index is -0.539. The lowest BCUT2D eigenvalue weighted by Crippen LogP contribution is -2.15. The number of esters is 1. The van der Waals surface area contributed by atoms with Crippen LogP contribution in [0.25, 0.3) is 0 Å². The minimum absolute atomic E-state index is 0.122. The average molecular weight is 452 g/mol. The highest BCUT2D eigenvalue weighted by Crippen LogP contribution is 2.35. The molecule has 0 bridgehead atoms. The minimum Gasteiger partial charge on any atom is -0.493 e. The summed E-state index contributed by atoms with van der Waals surface area (Å²) < 4.78 is 16.4. The number of carbonyl (C=O) groups is 2. The van der Waals surface area contributed by atoms with Gasteiger partial charge in [-0.1, -0.05) is 23.2 Å². The Morgan fingerprint density at radius 1 is 1.03 bits per heavy atom. The van der Waals surface area contributed by atoms with Gasteiger partial charge in [-0.05, 0) is 62.9 Å². The monoisotopic (exact) mass is 451 g/mol. The Hall–Kier alpha value is -2.44. The number of anilines is 1. The zero-order chi connectivity index (χ0) is 21.7. The topological polar surface area (TPSA) is 73.9 Å². The SMILES string of the molecule is CCOC(=O)c1cc(Cl)c(NC(=O)c2ccc(OC)c(OC3CCCC3)c2)c(Cl)c1. The van der Waals surface area contributed by atoms with Gasteiger partial charge in [-0.25, -0.2) is 4.79 Å². The Morgan fingerprint density at radius 2 is 1.70 bits per heavy atom. The molecule has 1 saturated carbocycles. The molecule has 0 atom stereocenters. The fourth-order valence-corrected chi connectivity index (χ4v) is 3.89. The van der Waals surface area contributed by atoms with E-state index in [2.05, 4.69) is 5.32 Å². The molecule has 1 N–H and O–H groups in total. The van der Waals surface area contributed by atoms with Crippen LogP contribution in [0.5, 0.6) is 11.5 Å². The summed E-state index contributed by atoms with van der Waals surface area (Å²) in [5.41, 5.74) is 0.789. The predicted molar refractivity (Wildman–Crippen MR) is 116 cm³/mol. The average Bonchev–Trinajstić information content (AvgIpc) is 3.23. The second kappa shape index (κ2) is 10.0. The third-order valence-corrected chi connectivity index (χ3v) is 5.41. The maximum Gasteiger partial charge on any atom is 0.338 e. The van der Waals surface area contributed by atoms with E-state index in [9.17, 15) is 9.59 Å². The van der Waals surface area contributed by atoms with E-state index in [4.69, 9.17) is 37.4 Å². The number of rotatable bonds is 7. The Morgan fingerprint density at radius 3 is 2.30 bits per heavy atom. The van der Waals surface area contributed by atoms with Crippen LogP contribution in [0.2, 0.25) is 10.0 Å². The van der Waals surface area contributed by atoms with Crippen LogP contribution in [-0.2, 0) is 4.74 Å². The number of carbonyl (C=O) groups excluding carboxylic acids is 2. The van der Waals surface area contributed by atoms with Crippen LogP contribution in [0.4, 0.5) is 5.69 Å². The molecule has 0 saturated heterocycles. The van der Waals surface area contributed by atoms with Crippen molar-refractivity contribution in [2.75, 3.05) is 19.0 Å². The molecule has 1 aliphatic carbocycles. The molecule has 0 aromatic heterocycles. The second-order valence-corrected chi connectivity index (χ2v) is 7.69. The zero-order valence-corrected chi connectivity index (χ0v) is 18.3. The molecule has 3 rings (SSSR count). The predicted octanol–water partition coefficient (Wildman–Crippen LogP) is 5.75. The highest BCUT2D eigenvalue weighted by atomic mass is 35.5. The van der Waals surface area contributed by atoms with Gasteiger partial charge in [0.15, 0.2) is 11.5 Å². The van der Waals surface area contributed by atoms with E-state index in [0.29, 0.717) is 17.1 Å². The fraction of sp³-hybridized carbons (Fsp3) is 0.364. The van der Waals surface area contributed by atoms with Crippen LogP contribution < -0.4 is 14.8 Å². The molecular formula is C22H23Cl2NO5. The molecule has 0 aliphatic heterocycles. The van der Waals surface area contributed by atoms with Crippen molar-refractivity contribution in [2.24, 2.45) is 0 Å². The van der Waals surface area contributed by atoms with Crippen molar-refractivity contribution in [3.8, 4) is 11.5 Å². The number of ether oxygens (including phenoxy) is 3. The lowest BCUT2D eigenvalue weighted by molar-refractivity contribution is 0.0526. The smallest absolute Gasteiger partial charge is 0.338 e. The Balaban J connectivity index is 1.81. The van der Waals surface area contributed by atoms with Crippen LogP contribution in [-0.4, -0.2) is 31.7 Å². The molecule has 1 amide bonds. The van der Waals surface area contributed by atoms with Gasteiger partial charge in [0.2, 0.25) is 0 Å². The van der Waals surface area contributed by atoms with Gasteiger partial charge in [0, 0.05) is 5.56 Å². The van der Waals surface area contributed by atoms with E-state index in [-0.39, 0.29) is 34.0 Å². The fourth-order valence-electron chi connectivity index (χ4n) is 3.31. The number of amides is 1. The van der Waals surface area contributed by atoms with Crippen molar-refractivity contribution in [1.82, 2.24) is 0 Å². The van der Waals surface area contributed by atoms with E-state index in [1.807, 2.05) is 0 Å². The molecule has 8 heteroatoms. The Labute approximate surface area is 185 Å². The normalized spacial score (nSPS) is 13.7. The summed E-state index contributed by atoms with van der Waals surface area (Å²) in [7, 11) is 1.56. The summed E-state index contributed by atoms with van der Waals surface area (Å²) in [6.07, 6.45) is 4.35. The van der Waals surface area contributed by atoms with Crippen molar-refractivity contribution in [1.29, 1.82) is 0 Å². The highest BCUT2D eigenvalue weighted by Gasteiger charge is 2.21. The first-order valence-corrected chi connectivity index (χ1v) is 10.5. The third kappa shape index (κ3) is 5.18. The van der Waals surface area contributed by atoms with Crippen LogP contribution in [0, 0.1) is 0 Å². The number of benzene rings is 2. The van der Waals surface area contributed by atoms with Crippen molar-refractivity contribution < 1.29 is 23.8 Å². The van der Waals surface area contributed by atoms with Crippen molar-refractivity contribution in [3.63, 3.8) is 0 Å². The van der Waals surface area contributed by atoms with Gasteiger partial charge in [-0.2, -0.15) is 0 Å². The largest absolute Gasteiger partial charge is 0.493 e. The van der Waals surface area contributed by atoms with Gasteiger partial charge in [0.25, 0.3) is 5.91 Å². The van der Waals surface area contributed by atoms with Crippen LogP contribution in [0.3, 0.4) is 0 Å². The van der Waals surface area contributed by atoms with Gasteiger partial charge in [0.1, 0.15) is 0 Å². The van der Waals surface area contributed by atoms with Crippen molar-refractivity contribution >= 4 is 40.8 Å². The quantitative estimate of drug-likeness (QED) is 0.542. The number of methoxy groups -OCH3 is 1. The summed E-state index contributed by atoms with van der Waals surface area (Å²) in [6, 6.07) is 7.77. The van der Waals surface area contributed by atoms with Gasteiger partial charge in [0.05, 0.1) is 41.1 Å². The molecule has 30 heavy (non-hydrogen) atoms. The molecule has 1 fully saturated rings. The van der Waals surface area contributed by atoms with Gasteiger partial charge >= 0.3 is 5.97 Å². The number of hydrogen-bond acceptors (Lipinski definition) is 5. The molecule has 0 unspecified atom stereocenters. The molecule has 0 spiro atoms. The lowest BCUT2D eigenvalue weighted by atomic mass is 10.1. The molecule has 0 radical (unpaired) electrons. The van der Waals surface area contributed by atoms with Gasteiger partial charge in [-0.15, -0.1) is 0 Å². The van der Waals surface area contributed by atoms with E-state index in [0.717, 1.165) is 25.7 Å². The van der Waals surface area contributed by atoms with Crippen molar-refractivity contribution in [2.45, 2.75) is 38.7 Å². The summed E-state index contributed by atoms with van der Waals surface area (Å²) >= 11 is 12.5.